The minimum absolute atomic E-state index is 0.211. The van der Waals surface area contributed by atoms with Gasteiger partial charge in [0.05, 0.1) is 0 Å². The van der Waals surface area contributed by atoms with Crippen LogP contribution >= 0.6 is 0 Å². The maximum absolute atomic E-state index is 13.5. The molecule has 8 nitrogen and oxygen atoms in total. The van der Waals surface area contributed by atoms with E-state index in [1.807, 2.05) is 97.0 Å². The molecule has 2 aromatic rings. The molecule has 0 aliphatic carbocycles. The Bertz CT molecular complexity index is 972. The minimum atomic E-state index is -3.84. The number of hydrogen-bond acceptors (Lipinski definition) is 8. The molecule has 0 unspecified atom stereocenters. The van der Waals surface area contributed by atoms with Gasteiger partial charge in [-0.3, -0.25) is 4.79 Å². The van der Waals surface area contributed by atoms with E-state index in [0.717, 1.165) is 0 Å². The van der Waals surface area contributed by atoms with Gasteiger partial charge < -0.3 is 31.3 Å². The summed E-state index contributed by atoms with van der Waals surface area (Å²) in [5.74, 6) is 0.112. The van der Waals surface area contributed by atoms with Gasteiger partial charge in [-0.15, -0.1) is 0 Å². The lowest BCUT2D eigenvalue weighted by atomic mass is 10.1. The first-order valence-corrected chi connectivity index (χ1v) is 17.7. The molecule has 0 radical (unpaired) electrons. The summed E-state index contributed by atoms with van der Waals surface area (Å²) in [5.41, 5.74) is 1.23. The smallest absolute Gasteiger partial charge is 0.477 e. The number of rotatable bonds is 20. The Kier molecular flexibility index (Phi) is 14.4. The average molecular weight is 591 g/mol. The first-order chi connectivity index (χ1) is 19.4. The van der Waals surface area contributed by atoms with Crippen LogP contribution in [0, 0.1) is 0 Å². The van der Waals surface area contributed by atoms with Crippen molar-refractivity contribution in [1.82, 2.24) is 0 Å². The predicted molar refractivity (Wildman–Crippen MR) is 161 cm³/mol. The molecule has 0 atom stereocenters. The molecule has 0 N–H and O–H groups in total. The molecule has 0 aliphatic heterocycles. The van der Waals surface area contributed by atoms with Gasteiger partial charge in [-0.1, -0.05) is 67.6 Å². The van der Waals surface area contributed by atoms with E-state index in [1.54, 1.807) is 12.1 Å². The summed E-state index contributed by atoms with van der Waals surface area (Å²) in [5, 5.41) is 0. The summed E-state index contributed by atoms with van der Waals surface area (Å²) in [7, 11) is -7.67. The fourth-order valence-electron chi connectivity index (χ4n) is 4.67. The second kappa shape index (κ2) is 17.0. The largest absolute Gasteiger partial charge is 0.552 e. The maximum atomic E-state index is 13.5. The summed E-state index contributed by atoms with van der Waals surface area (Å²) in [4.78, 5) is 12.1. The number of allylic oxidation sites excluding steroid dienone is 1. The van der Waals surface area contributed by atoms with Gasteiger partial charge in [-0.25, -0.2) is 0 Å². The number of ether oxygens (including phenoxy) is 1. The summed E-state index contributed by atoms with van der Waals surface area (Å²) in [6.45, 7) is 15.1. The molecule has 0 saturated carbocycles. The zero-order chi connectivity index (χ0) is 29.5. The standard InChI is InChI=1S/C30H46O8Si2/c1-8-30(39(32-9-2,33-10-3)34-11-4,40(35-12-5,36-13-6)37-14-7)38-29(27-23-19-16-20-24-27)25-28(31)26-21-17-15-18-22-26/h15-25H,8-14H2,1-7H3/b29-25+. The van der Waals surface area contributed by atoms with E-state index in [2.05, 4.69) is 0 Å². The van der Waals surface area contributed by atoms with Crippen LogP contribution in [0.3, 0.4) is 0 Å². The molecule has 0 bridgehead atoms. The number of benzene rings is 2. The molecule has 0 fully saturated rings. The zero-order valence-corrected chi connectivity index (χ0v) is 27.1. The van der Waals surface area contributed by atoms with Crippen LogP contribution in [-0.4, -0.2) is 67.9 Å². The quantitative estimate of drug-likeness (QED) is 0.0775. The molecule has 40 heavy (non-hydrogen) atoms. The molecule has 0 aliphatic rings. The molecule has 10 heteroatoms. The highest BCUT2D eigenvalue weighted by atomic mass is 28.5. The number of ketones is 1. The van der Waals surface area contributed by atoms with E-state index in [1.165, 1.54) is 6.08 Å². The van der Waals surface area contributed by atoms with Gasteiger partial charge in [-0.2, -0.15) is 0 Å². The van der Waals surface area contributed by atoms with E-state index in [4.69, 9.17) is 31.3 Å². The fourth-order valence-corrected chi connectivity index (χ4v) is 13.0. The molecule has 0 spiro atoms. The maximum Gasteiger partial charge on any atom is 0.552 e. The first-order valence-electron chi connectivity index (χ1n) is 14.3. The summed E-state index contributed by atoms with van der Waals surface area (Å²) in [6, 6.07) is 18.5. The van der Waals surface area contributed by atoms with Crippen LogP contribution in [0.2, 0.25) is 0 Å². The Balaban J connectivity index is 2.97. The van der Waals surface area contributed by atoms with Gasteiger partial charge in [0.2, 0.25) is 4.85 Å². The molecule has 0 aromatic heterocycles. The summed E-state index contributed by atoms with van der Waals surface area (Å²) in [6.07, 6.45) is 1.82. The van der Waals surface area contributed by atoms with Gasteiger partial charge in [0.25, 0.3) is 0 Å². The Hall–Kier alpha value is -2.16. The normalized spacial score (nSPS) is 12.9. The first kappa shape index (κ1) is 34.0. The number of hydrogen-bond donors (Lipinski definition) is 0. The third-order valence-corrected chi connectivity index (χ3v) is 14.9. The number of carbonyl (C=O) groups excluding carboxylic acids is 1. The number of carbonyl (C=O) groups is 1. The third kappa shape index (κ3) is 7.57. The van der Waals surface area contributed by atoms with Crippen LogP contribution < -0.4 is 0 Å². The van der Waals surface area contributed by atoms with Crippen LogP contribution in [0.5, 0.6) is 0 Å². The molecule has 0 amide bonds. The Morgan fingerprint density at radius 3 is 1.27 bits per heavy atom. The second-order valence-corrected chi connectivity index (χ2v) is 14.7. The summed E-state index contributed by atoms with van der Waals surface area (Å²) < 4.78 is 46.1. The third-order valence-electron chi connectivity index (χ3n) is 6.16. The average Bonchev–Trinajstić information content (AvgIpc) is 2.96. The van der Waals surface area contributed by atoms with E-state index in [9.17, 15) is 4.79 Å². The van der Waals surface area contributed by atoms with Crippen molar-refractivity contribution in [2.45, 2.75) is 59.7 Å². The lowest BCUT2D eigenvalue weighted by Gasteiger charge is -2.50. The summed E-state index contributed by atoms with van der Waals surface area (Å²) >= 11 is 0. The van der Waals surface area contributed by atoms with Crippen LogP contribution in [0.4, 0.5) is 0 Å². The van der Waals surface area contributed by atoms with Crippen molar-refractivity contribution >= 4 is 29.2 Å². The second-order valence-electron chi connectivity index (χ2n) is 8.60. The van der Waals surface area contributed by atoms with Crippen LogP contribution in [0.25, 0.3) is 5.76 Å². The highest BCUT2D eigenvalue weighted by Gasteiger charge is 2.79. The minimum Gasteiger partial charge on any atom is -0.477 e. The van der Waals surface area contributed by atoms with Gasteiger partial charge in [-0.05, 0) is 48.0 Å². The van der Waals surface area contributed by atoms with Crippen molar-refractivity contribution in [3.8, 4) is 0 Å². The van der Waals surface area contributed by atoms with E-state index in [0.29, 0.717) is 62.9 Å². The molecular weight excluding hydrogens is 544 g/mol. The molecule has 0 heterocycles. The molecule has 2 rings (SSSR count). The van der Waals surface area contributed by atoms with Crippen molar-refractivity contribution in [1.29, 1.82) is 0 Å². The van der Waals surface area contributed by atoms with E-state index in [-0.39, 0.29) is 5.78 Å². The van der Waals surface area contributed by atoms with Gasteiger partial charge >= 0.3 is 17.6 Å². The Morgan fingerprint density at radius 2 is 0.950 bits per heavy atom. The lowest BCUT2D eigenvalue weighted by Crippen LogP contribution is -2.80. The van der Waals surface area contributed by atoms with E-state index < -0.39 is 22.5 Å². The SMILES string of the molecule is CCO[Si](OCC)(OCC)C(CC)(O/C(=C/C(=O)c1ccccc1)c1ccccc1)[Si](OCC)(OCC)OCC. The highest BCUT2D eigenvalue weighted by Crippen LogP contribution is 2.44. The molecular formula is C30H46O8Si2. The predicted octanol–water partition coefficient (Wildman–Crippen LogP) is 6.25. The van der Waals surface area contributed by atoms with Crippen LogP contribution in [0.15, 0.2) is 66.7 Å². The monoisotopic (exact) mass is 590 g/mol. The topological polar surface area (TPSA) is 81.7 Å². The van der Waals surface area contributed by atoms with Gasteiger partial charge in [0, 0.05) is 56.8 Å². The lowest BCUT2D eigenvalue weighted by molar-refractivity contribution is -0.0534. The van der Waals surface area contributed by atoms with Crippen molar-refractivity contribution in [3.63, 3.8) is 0 Å². The van der Waals surface area contributed by atoms with Gasteiger partial charge in [0.15, 0.2) is 5.78 Å². The van der Waals surface area contributed by atoms with Crippen LogP contribution in [-0.2, 0) is 31.3 Å². The highest BCUT2D eigenvalue weighted by molar-refractivity contribution is 6.85. The van der Waals surface area contributed by atoms with Crippen molar-refractivity contribution < 1.29 is 36.1 Å². The fraction of sp³-hybridized carbons (Fsp3) is 0.500. The Labute approximate surface area is 242 Å². The van der Waals surface area contributed by atoms with Crippen molar-refractivity contribution in [2.75, 3.05) is 39.6 Å². The zero-order valence-electron chi connectivity index (χ0n) is 25.1. The van der Waals surface area contributed by atoms with Crippen LogP contribution in [0.1, 0.15) is 70.8 Å². The molecule has 2 aromatic carbocycles. The van der Waals surface area contributed by atoms with Crippen molar-refractivity contribution in [3.05, 3.63) is 77.9 Å². The van der Waals surface area contributed by atoms with Gasteiger partial charge in [0.1, 0.15) is 5.76 Å². The van der Waals surface area contributed by atoms with E-state index >= 15 is 0 Å². The Morgan fingerprint density at radius 1 is 0.600 bits per heavy atom. The molecule has 0 saturated heterocycles. The van der Waals surface area contributed by atoms with Crippen molar-refractivity contribution in [2.24, 2.45) is 0 Å². The molecule has 222 valence electrons.